The van der Waals surface area contributed by atoms with Gasteiger partial charge in [0.25, 0.3) is 5.91 Å². The maximum atomic E-state index is 12.3. The predicted octanol–water partition coefficient (Wildman–Crippen LogP) is 4.90. The fourth-order valence-corrected chi connectivity index (χ4v) is 2.34. The summed E-state index contributed by atoms with van der Waals surface area (Å²) in [6.45, 7) is 3.10. The lowest BCUT2D eigenvalue weighted by atomic mass is 10.0. The van der Waals surface area contributed by atoms with Gasteiger partial charge in [0.2, 0.25) is 0 Å². The molecule has 1 atom stereocenters. The van der Waals surface area contributed by atoms with Crippen LogP contribution >= 0.6 is 0 Å². The summed E-state index contributed by atoms with van der Waals surface area (Å²) in [4.78, 5) is 12.3. The number of carbonyl (C=O) groups excluding carboxylic acids is 1. The minimum atomic E-state index is -2.87. The summed E-state index contributed by atoms with van der Waals surface area (Å²) in [7, 11) is 0. The van der Waals surface area contributed by atoms with E-state index in [2.05, 4.69) is 23.9 Å². The molecule has 0 fully saturated rings. The van der Waals surface area contributed by atoms with Gasteiger partial charge in [-0.3, -0.25) is 4.79 Å². The average Bonchev–Trinajstić information content (AvgIpc) is 2.54. The second kappa shape index (κ2) is 7.90. The standard InChI is InChI=1S/C19H21F2NO2/c1-12(2)14-7-9-15(10-8-14)18(23)22-13(3)16-5-4-6-17(11-16)24-19(20)21/h4-13,19H,1-3H3,(H,22,23). The molecule has 0 aliphatic heterocycles. The number of hydrogen-bond acceptors (Lipinski definition) is 2. The van der Waals surface area contributed by atoms with Gasteiger partial charge in [-0.05, 0) is 48.2 Å². The number of nitrogens with one attached hydrogen (secondary N) is 1. The Kier molecular flexibility index (Phi) is 5.90. The zero-order valence-electron chi connectivity index (χ0n) is 13.9. The molecule has 0 saturated carbocycles. The van der Waals surface area contributed by atoms with E-state index in [0.29, 0.717) is 17.0 Å². The summed E-state index contributed by atoms with van der Waals surface area (Å²) < 4.78 is 28.9. The zero-order valence-corrected chi connectivity index (χ0v) is 13.9. The topological polar surface area (TPSA) is 38.3 Å². The van der Waals surface area contributed by atoms with Crippen LogP contribution in [0, 0.1) is 0 Å². The van der Waals surface area contributed by atoms with E-state index in [1.807, 2.05) is 12.1 Å². The lowest BCUT2D eigenvalue weighted by Gasteiger charge is -2.16. The molecular formula is C19H21F2NO2. The van der Waals surface area contributed by atoms with Gasteiger partial charge >= 0.3 is 6.61 Å². The van der Waals surface area contributed by atoms with E-state index in [9.17, 15) is 13.6 Å². The molecule has 0 aliphatic carbocycles. The summed E-state index contributed by atoms with van der Waals surface area (Å²) in [6, 6.07) is 13.4. The summed E-state index contributed by atoms with van der Waals surface area (Å²) >= 11 is 0. The maximum Gasteiger partial charge on any atom is 0.387 e. The number of rotatable bonds is 6. The van der Waals surface area contributed by atoms with Crippen LogP contribution in [0.2, 0.25) is 0 Å². The zero-order chi connectivity index (χ0) is 17.7. The van der Waals surface area contributed by atoms with E-state index in [1.165, 1.54) is 12.1 Å². The maximum absolute atomic E-state index is 12.3. The molecule has 24 heavy (non-hydrogen) atoms. The third-order valence-electron chi connectivity index (χ3n) is 3.77. The van der Waals surface area contributed by atoms with Crippen LogP contribution in [0.15, 0.2) is 48.5 Å². The van der Waals surface area contributed by atoms with Crippen molar-refractivity contribution in [2.45, 2.75) is 39.3 Å². The number of benzene rings is 2. The molecule has 2 aromatic carbocycles. The van der Waals surface area contributed by atoms with Crippen molar-refractivity contribution in [3.63, 3.8) is 0 Å². The first-order valence-corrected chi connectivity index (χ1v) is 7.82. The van der Waals surface area contributed by atoms with Crippen molar-refractivity contribution in [2.75, 3.05) is 0 Å². The van der Waals surface area contributed by atoms with Crippen LogP contribution in [0.5, 0.6) is 5.75 Å². The van der Waals surface area contributed by atoms with Gasteiger partial charge < -0.3 is 10.1 Å². The Bertz CT molecular complexity index is 684. The molecule has 0 bridgehead atoms. The van der Waals surface area contributed by atoms with Crippen molar-refractivity contribution in [3.05, 3.63) is 65.2 Å². The van der Waals surface area contributed by atoms with Crippen molar-refractivity contribution < 1.29 is 18.3 Å². The quantitative estimate of drug-likeness (QED) is 0.816. The molecule has 1 unspecified atom stereocenters. The van der Waals surface area contributed by atoms with Crippen LogP contribution in [-0.2, 0) is 0 Å². The molecule has 5 heteroatoms. The fourth-order valence-electron chi connectivity index (χ4n) is 2.34. The highest BCUT2D eigenvalue weighted by Gasteiger charge is 2.13. The molecule has 1 N–H and O–H groups in total. The first-order valence-electron chi connectivity index (χ1n) is 7.82. The molecule has 0 aliphatic rings. The lowest BCUT2D eigenvalue weighted by Crippen LogP contribution is -2.26. The third-order valence-corrected chi connectivity index (χ3v) is 3.77. The SMILES string of the molecule is CC(C)c1ccc(C(=O)NC(C)c2cccc(OC(F)F)c2)cc1. The fraction of sp³-hybridized carbons (Fsp3) is 0.316. The lowest BCUT2D eigenvalue weighted by molar-refractivity contribution is -0.0499. The van der Waals surface area contributed by atoms with Gasteiger partial charge in [-0.2, -0.15) is 8.78 Å². The Morgan fingerprint density at radius 1 is 1.00 bits per heavy atom. The minimum absolute atomic E-state index is 0.0740. The molecule has 0 radical (unpaired) electrons. The van der Waals surface area contributed by atoms with E-state index in [-0.39, 0.29) is 17.7 Å². The second-order valence-corrected chi connectivity index (χ2v) is 5.92. The van der Waals surface area contributed by atoms with Gasteiger partial charge in [0.15, 0.2) is 0 Å². The highest BCUT2D eigenvalue weighted by molar-refractivity contribution is 5.94. The third kappa shape index (κ3) is 4.78. The Labute approximate surface area is 140 Å². The molecule has 128 valence electrons. The molecule has 0 saturated heterocycles. The van der Waals surface area contributed by atoms with Crippen LogP contribution in [0.25, 0.3) is 0 Å². The number of ether oxygens (including phenoxy) is 1. The van der Waals surface area contributed by atoms with E-state index in [4.69, 9.17) is 0 Å². The normalized spacial score (nSPS) is 12.3. The van der Waals surface area contributed by atoms with Gasteiger partial charge in [-0.1, -0.05) is 38.1 Å². The Balaban J connectivity index is 2.05. The Morgan fingerprint density at radius 2 is 1.67 bits per heavy atom. The van der Waals surface area contributed by atoms with Crippen molar-refractivity contribution >= 4 is 5.91 Å². The number of alkyl halides is 2. The molecule has 1 amide bonds. The number of carbonyl (C=O) groups is 1. The van der Waals surface area contributed by atoms with Crippen LogP contribution in [0.3, 0.4) is 0 Å². The Morgan fingerprint density at radius 3 is 2.25 bits per heavy atom. The minimum Gasteiger partial charge on any atom is -0.435 e. The smallest absolute Gasteiger partial charge is 0.387 e. The molecule has 0 heterocycles. The van der Waals surface area contributed by atoms with Gasteiger partial charge in [-0.15, -0.1) is 0 Å². The van der Waals surface area contributed by atoms with Crippen LogP contribution in [-0.4, -0.2) is 12.5 Å². The summed E-state index contributed by atoms with van der Waals surface area (Å²) in [6.07, 6.45) is 0. The summed E-state index contributed by atoms with van der Waals surface area (Å²) in [5.74, 6) is 0.265. The van der Waals surface area contributed by atoms with E-state index < -0.39 is 6.61 Å². The molecule has 3 nitrogen and oxygen atoms in total. The summed E-state index contributed by atoms with van der Waals surface area (Å²) in [5, 5.41) is 2.86. The molecule has 0 aromatic heterocycles. The highest BCUT2D eigenvalue weighted by atomic mass is 19.3. The van der Waals surface area contributed by atoms with E-state index >= 15 is 0 Å². The van der Waals surface area contributed by atoms with Gasteiger partial charge in [-0.25, -0.2) is 0 Å². The highest BCUT2D eigenvalue weighted by Crippen LogP contribution is 2.21. The first-order chi connectivity index (χ1) is 11.4. The molecule has 2 rings (SSSR count). The predicted molar refractivity (Wildman–Crippen MR) is 89.5 cm³/mol. The van der Waals surface area contributed by atoms with Crippen LogP contribution in [0.4, 0.5) is 8.78 Å². The number of amides is 1. The Hall–Kier alpha value is -2.43. The largest absolute Gasteiger partial charge is 0.435 e. The monoisotopic (exact) mass is 333 g/mol. The molecular weight excluding hydrogens is 312 g/mol. The first kappa shape index (κ1) is 17.9. The summed E-state index contributed by atoms with van der Waals surface area (Å²) in [5.41, 5.74) is 2.42. The van der Waals surface area contributed by atoms with Crippen molar-refractivity contribution in [1.82, 2.24) is 5.32 Å². The number of hydrogen-bond donors (Lipinski definition) is 1. The second-order valence-electron chi connectivity index (χ2n) is 5.92. The average molecular weight is 333 g/mol. The molecule has 2 aromatic rings. The van der Waals surface area contributed by atoms with E-state index in [0.717, 1.165) is 5.56 Å². The van der Waals surface area contributed by atoms with E-state index in [1.54, 1.807) is 31.2 Å². The van der Waals surface area contributed by atoms with Crippen LogP contribution < -0.4 is 10.1 Å². The van der Waals surface area contributed by atoms with Gasteiger partial charge in [0, 0.05) is 5.56 Å². The van der Waals surface area contributed by atoms with Gasteiger partial charge in [0.05, 0.1) is 6.04 Å². The van der Waals surface area contributed by atoms with Gasteiger partial charge in [0.1, 0.15) is 5.75 Å². The van der Waals surface area contributed by atoms with Crippen molar-refractivity contribution in [2.24, 2.45) is 0 Å². The number of halogens is 2. The van der Waals surface area contributed by atoms with Crippen LogP contribution in [0.1, 0.15) is 54.2 Å². The molecule has 0 spiro atoms. The van der Waals surface area contributed by atoms with Crippen molar-refractivity contribution in [1.29, 1.82) is 0 Å². The van der Waals surface area contributed by atoms with Crippen molar-refractivity contribution in [3.8, 4) is 5.75 Å².